The smallest absolute Gasteiger partial charge is 0.412 e. The minimum absolute atomic E-state index is 0.0633. The summed E-state index contributed by atoms with van der Waals surface area (Å²) in [4.78, 5) is 35.7. The van der Waals surface area contributed by atoms with Crippen molar-refractivity contribution in [2.24, 2.45) is 28.8 Å². The van der Waals surface area contributed by atoms with Gasteiger partial charge in [0.1, 0.15) is 17.5 Å². The number of rotatable bonds is 21. The summed E-state index contributed by atoms with van der Waals surface area (Å²) in [6, 6.07) is 5.02. The maximum absolute atomic E-state index is 14.7. The molecule has 3 N–H and O–H groups in total. The minimum atomic E-state index is -1.32. The highest BCUT2D eigenvalue weighted by atomic mass is 16.8. The molecule has 1 saturated heterocycles. The fraction of sp³-hybridized carbons (Fsp3) is 0.717. The molecule has 12 nitrogen and oxygen atoms in total. The molecule has 5 aliphatic rings. The highest BCUT2D eigenvalue weighted by Gasteiger charge is 2.65. The Balaban J connectivity index is 1.54. The number of hydrogen-bond donors (Lipinski definition) is 3. The average Bonchev–Trinajstić information content (AvgIpc) is 3.76. The summed E-state index contributed by atoms with van der Waals surface area (Å²) < 4.78 is 26.2. The Morgan fingerprint density at radius 3 is 2.52 bits per heavy atom. The zero-order valence-electron chi connectivity index (χ0n) is 35.0. The normalized spacial score (nSPS) is 28.5. The lowest BCUT2D eigenvalue weighted by molar-refractivity contribution is -0.257. The number of allylic oxidation sites excluding steroid dienone is 1. The standard InChI is InChI=1S/C46H69N3O9/c1-4-24-49(41(52)23-20-32-15-7-8-16-32)40-31-38(48-58-42-19-11-14-28-54-42)36-29-33(17-9-12-25-50)35(18-10-13-26-51)43-37-30-34(56-45(53)47-6-3)21-22-39(37)57-46(40,44(36)43)55-27-5-2/h5,21-22,29-30,32-33,35,40,42-44,50-51H,2,4,6-20,23-28,31H2,1,3H3,(H,47,53)/t33-,35+,40-,42?,43+,44+,46+/m0/s1. The van der Waals surface area contributed by atoms with Crippen molar-refractivity contribution >= 4 is 17.7 Å². The van der Waals surface area contributed by atoms with Gasteiger partial charge < -0.3 is 44.2 Å². The van der Waals surface area contributed by atoms with Crippen LogP contribution in [0.2, 0.25) is 0 Å². The fourth-order valence-corrected chi connectivity index (χ4v) is 10.4. The van der Waals surface area contributed by atoms with E-state index in [2.05, 4.69) is 24.9 Å². The van der Waals surface area contributed by atoms with Gasteiger partial charge in [0.05, 0.1) is 24.8 Å². The fourth-order valence-electron chi connectivity index (χ4n) is 10.4. The van der Waals surface area contributed by atoms with Crippen LogP contribution in [0, 0.1) is 23.7 Å². The second-order valence-corrected chi connectivity index (χ2v) is 16.9. The molecule has 3 aliphatic carbocycles. The first kappa shape index (κ1) is 44.1. The van der Waals surface area contributed by atoms with E-state index in [1.165, 1.54) is 25.7 Å². The third-order valence-corrected chi connectivity index (χ3v) is 13.0. The number of ether oxygens (including phenoxy) is 4. The Hall–Kier alpha value is -3.45. The summed E-state index contributed by atoms with van der Waals surface area (Å²) in [5.41, 5.74) is 2.64. The Morgan fingerprint density at radius 1 is 1.03 bits per heavy atom. The second-order valence-electron chi connectivity index (χ2n) is 16.9. The molecule has 2 heterocycles. The first-order chi connectivity index (χ1) is 28.4. The number of aliphatic hydroxyl groups excluding tert-OH is 2. The molecule has 6 rings (SSSR count). The highest BCUT2D eigenvalue weighted by molar-refractivity contribution is 6.03. The predicted octanol–water partition coefficient (Wildman–Crippen LogP) is 8.16. The zero-order valence-corrected chi connectivity index (χ0v) is 35.0. The number of amides is 2. The van der Waals surface area contributed by atoms with Gasteiger partial charge in [-0.2, -0.15) is 0 Å². The van der Waals surface area contributed by atoms with Crippen LogP contribution in [0.3, 0.4) is 0 Å². The quantitative estimate of drug-likeness (QED) is 0.0636. The third kappa shape index (κ3) is 10.3. The number of nitrogens with zero attached hydrogens (tertiary/aromatic N) is 2. The number of unbranched alkanes of at least 4 members (excludes halogenated alkanes) is 2. The molecule has 2 amide bonds. The van der Waals surface area contributed by atoms with Gasteiger partial charge in [0.25, 0.3) is 0 Å². The Bertz CT molecular complexity index is 1570. The van der Waals surface area contributed by atoms with E-state index in [1.807, 2.05) is 24.0 Å². The lowest BCUT2D eigenvalue weighted by Crippen LogP contribution is -2.70. The number of carbonyl (C=O) groups excluding carboxylic acids is 2. The summed E-state index contributed by atoms with van der Waals surface area (Å²) in [6.45, 7) is 10.00. The molecule has 1 unspecified atom stereocenters. The first-order valence-corrected chi connectivity index (χ1v) is 22.5. The topological polar surface area (TPSA) is 148 Å². The largest absolute Gasteiger partial charge is 0.459 e. The minimum Gasteiger partial charge on any atom is -0.459 e. The molecule has 1 aromatic carbocycles. The molecule has 322 valence electrons. The molecule has 1 aromatic rings. The van der Waals surface area contributed by atoms with Crippen molar-refractivity contribution in [3.05, 3.63) is 48.1 Å². The van der Waals surface area contributed by atoms with Gasteiger partial charge in [-0.05, 0) is 99.8 Å². The van der Waals surface area contributed by atoms with E-state index in [0.29, 0.717) is 62.8 Å². The number of carbonyl (C=O) groups is 2. The SMILES string of the molecule is C=CCO[C@@]12Oc3ccc(OC(=O)NCC)cc3[C@H]3[C@H](CCCCO)[C@@H](CCCCO)C=C(C(=NOC4CCCCO4)C[C@@H]1N(CCC)C(=O)CCC1CCCC1)[C@H]32. The monoisotopic (exact) mass is 808 g/mol. The summed E-state index contributed by atoms with van der Waals surface area (Å²) in [5, 5.41) is 27.5. The van der Waals surface area contributed by atoms with Crippen molar-refractivity contribution < 1.29 is 43.6 Å². The molecule has 0 radical (unpaired) electrons. The number of aliphatic hydroxyl groups is 2. The molecular formula is C46H69N3O9. The average molecular weight is 808 g/mol. The van der Waals surface area contributed by atoms with Gasteiger partial charge in [-0.25, -0.2) is 4.79 Å². The molecular weight excluding hydrogens is 739 g/mol. The van der Waals surface area contributed by atoms with Crippen molar-refractivity contribution in [1.82, 2.24) is 10.2 Å². The van der Waals surface area contributed by atoms with Crippen LogP contribution in [0.5, 0.6) is 11.5 Å². The van der Waals surface area contributed by atoms with Crippen molar-refractivity contribution in [1.29, 1.82) is 0 Å². The van der Waals surface area contributed by atoms with Crippen molar-refractivity contribution in [3.63, 3.8) is 0 Å². The van der Waals surface area contributed by atoms with Gasteiger partial charge in [0, 0.05) is 57.0 Å². The summed E-state index contributed by atoms with van der Waals surface area (Å²) in [6.07, 6.45) is 17.8. The molecule has 0 bridgehead atoms. The number of nitrogens with one attached hydrogen (secondary N) is 1. The van der Waals surface area contributed by atoms with Gasteiger partial charge in [0.2, 0.25) is 18.0 Å². The van der Waals surface area contributed by atoms with Crippen LogP contribution < -0.4 is 14.8 Å². The Morgan fingerprint density at radius 2 is 1.81 bits per heavy atom. The maximum Gasteiger partial charge on any atom is 0.412 e. The van der Waals surface area contributed by atoms with E-state index < -0.39 is 30.1 Å². The van der Waals surface area contributed by atoms with Gasteiger partial charge in [-0.1, -0.05) is 62.8 Å². The summed E-state index contributed by atoms with van der Waals surface area (Å²) in [5.74, 6) is -0.103. The van der Waals surface area contributed by atoms with Crippen LogP contribution in [0.4, 0.5) is 4.79 Å². The summed E-state index contributed by atoms with van der Waals surface area (Å²) in [7, 11) is 0. The number of fused-ring (bicyclic) bond motifs is 2. The third-order valence-electron chi connectivity index (χ3n) is 13.0. The second kappa shape index (κ2) is 21.7. The van der Waals surface area contributed by atoms with E-state index in [1.54, 1.807) is 12.1 Å². The first-order valence-electron chi connectivity index (χ1n) is 22.5. The molecule has 12 heteroatoms. The van der Waals surface area contributed by atoms with E-state index in [4.69, 9.17) is 28.9 Å². The number of hydrogen-bond acceptors (Lipinski definition) is 10. The molecule has 2 saturated carbocycles. The highest BCUT2D eigenvalue weighted by Crippen LogP contribution is 2.62. The lowest BCUT2D eigenvalue weighted by atomic mass is 9.55. The van der Waals surface area contributed by atoms with Crippen LogP contribution in [0.25, 0.3) is 0 Å². The Labute approximate surface area is 345 Å². The van der Waals surface area contributed by atoms with Crippen LogP contribution in [0.1, 0.15) is 134 Å². The zero-order chi connectivity index (χ0) is 40.9. The molecule has 7 atom stereocenters. The van der Waals surface area contributed by atoms with Crippen LogP contribution in [-0.4, -0.2) is 90.5 Å². The lowest BCUT2D eigenvalue weighted by Gasteiger charge is -2.60. The molecule has 3 fully saturated rings. The Kier molecular flexibility index (Phi) is 16.5. The predicted molar refractivity (Wildman–Crippen MR) is 223 cm³/mol. The van der Waals surface area contributed by atoms with Gasteiger partial charge in [0.15, 0.2) is 0 Å². The molecule has 2 aliphatic heterocycles. The van der Waals surface area contributed by atoms with Crippen molar-refractivity contribution in [2.45, 2.75) is 147 Å². The molecule has 58 heavy (non-hydrogen) atoms. The van der Waals surface area contributed by atoms with E-state index in [-0.39, 0.29) is 43.5 Å². The van der Waals surface area contributed by atoms with E-state index in [9.17, 15) is 19.8 Å². The van der Waals surface area contributed by atoms with E-state index in [0.717, 1.165) is 74.6 Å². The van der Waals surface area contributed by atoms with Crippen molar-refractivity contribution in [2.75, 3.05) is 39.5 Å². The maximum atomic E-state index is 14.7. The van der Waals surface area contributed by atoms with Gasteiger partial charge >= 0.3 is 6.09 Å². The number of benzene rings is 1. The van der Waals surface area contributed by atoms with Crippen LogP contribution >= 0.6 is 0 Å². The van der Waals surface area contributed by atoms with Crippen LogP contribution in [-0.2, 0) is 19.1 Å². The number of oxime groups is 1. The van der Waals surface area contributed by atoms with E-state index >= 15 is 0 Å². The van der Waals surface area contributed by atoms with Crippen molar-refractivity contribution in [3.8, 4) is 11.5 Å². The van der Waals surface area contributed by atoms with Gasteiger partial charge in [-0.3, -0.25) is 4.79 Å². The molecule has 0 spiro atoms. The van der Waals surface area contributed by atoms with Gasteiger partial charge in [-0.15, -0.1) is 6.58 Å². The summed E-state index contributed by atoms with van der Waals surface area (Å²) >= 11 is 0. The van der Waals surface area contributed by atoms with Crippen LogP contribution in [0.15, 0.2) is 47.7 Å². The molecule has 0 aromatic heterocycles.